The largest absolute Gasteiger partial charge is 0.444 e. The van der Waals surface area contributed by atoms with Crippen molar-refractivity contribution >= 4 is 23.2 Å². The topological polar surface area (TPSA) is 85.1 Å². The van der Waals surface area contributed by atoms with Gasteiger partial charge >= 0.3 is 12.2 Å². The molecule has 0 saturated carbocycles. The third-order valence-corrected chi connectivity index (χ3v) is 7.48. The summed E-state index contributed by atoms with van der Waals surface area (Å²) in [6, 6.07) is 6.62. The Morgan fingerprint density at radius 2 is 1.66 bits per heavy atom. The van der Waals surface area contributed by atoms with E-state index in [0.29, 0.717) is 6.54 Å². The predicted octanol–water partition coefficient (Wildman–Crippen LogP) is 7.05. The molecule has 8 heteroatoms. The second kappa shape index (κ2) is 11.1. The lowest BCUT2D eigenvalue weighted by Crippen LogP contribution is -2.46. The van der Waals surface area contributed by atoms with E-state index in [1.165, 1.54) is 5.56 Å². The highest BCUT2D eigenvalue weighted by Crippen LogP contribution is 2.36. The molecule has 2 aliphatic rings. The van der Waals surface area contributed by atoms with Gasteiger partial charge in [-0.15, -0.1) is 0 Å². The van der Waals surface area contributed by atoms with Gasteiger partial charge in [-0.1, -0.05) is 11.2 Å². The van der Waals surface area contributed by atoms with Crippen LogP contribution < -0.4 is 0 Å². The van der Waals surface area contributed by atoms with E-state index in [2.05, 4.69) is 30.3 Å². The lowest BCUT2D eigenvalue weighted by molar-refractivity contribution is 0.00831. The highest BCUT2D eigenvalue weighted by Gasteiger charge is 2.34. The summed E-state index contributed by atoms with van der Waals surface area (Å²) < 4.78 is 17.0. The molecule has 4 rings (SSSR count). The Bertz CT molecular complexity index is 1130. The molecule has 210 valence electrons. The molecule has 1 aromatic heterocycles. The van der Waals surface area contributed by atoms with Crippen molar-refractivity contribution in [3.8, 4) is 0 Å². The molecule has 0 bridgehead atoms. The van der Waals surface area contributed by atoms with Crippen LogP contribution in [0.5, 0.6) is 0 Å². The minimum Gasteiger partial charge on any atom is -0.444 e. The van der Waals surface area contributed by atoms with Crippen molar-refractivity contribution in [1.82, 2.24) is 15.0 Å². The Labute approximate surface area is 227 Å². The zero-order valence-electron chi connectivity index (χ0n) is 24.2. The maximum atomic E-state index is 12.8. The normalized spacial score (nSPS) is 23.0. The predicted molar refractivity (Wildman–Crippen MR) is 147 cm³/mol. The summed E-state index contributed by atoms with van der Waals surface area (Å²) in [4.78, 5) is 29.1. The van der Waals surface area contributed by atoms with E-state index in [1.807, 2.05) is 51.3 Å². The van der Waals surface area contributed by atoms with E-state index < -0.39 is 11.2 Å². The van der Waals surface area contributed by atoms with Crippen LogP contribution in [-0.2, 0) is 15.9 Å². The van der Waals surface area contributed by atoms with Gasteiger partial charge in [0.1, 0.15) is 11.2 Å². The number of nitrogens with zero attached hydrogens (tertiary/aromatic N) is 3. The molecule has 0 radical (unpaired) electrons. The van der Waals surface area contributed by atoms with E-state index in [1.54, 1.807) is 0 Å². The number of aryl methyl sites for hydroxylation is 1. The fourth-order valence-corrected chi connectivity index (χ4v) is 5.66. The maximum absolute atomic E-state index is 12.8. The average molecular weight is 528 g/mol. The number of ether oxygens (including phenoxy) is 2. The van der Waals surface area contributed by atoms with Crippen LogP contribution in [0, 0.1) is 0 Å². The zero-order chi connectivity index (χ0) is 27.7. The first-order chi connectivity index (χ1) is 17.8. The quantitative estimate of drug-likeness (QED) is 0.423. The summed E-state index contributed by atoms with van der Waals surface area (Å²) in [5, 5.41) is 5.51. The number of rotatable bonds is 4. The number of amides is 2. The van der Waals surface area contributed by atoms with Crippen molar-refractivity contribution in [3.63, 3.8) is 0 Å². The van der Waals surface area contributed by atoms with Gasteiger partial charge in [-0.2, -0.15) is 0 Å². The molecule has 2 fully saturated rings. The van der Waals surface area contributed by atoms with Crippen LogP contribution in [-0.4, -0.2) is 63.5 Å². The summed E-state index contributed by atoms with van der Waals surface area (Å²) in [6.45, 7) is 14.9. The number of carbonyl (C=O) groups excluding carboxylic acids is 2. The lowest BCUT2D eigenvalue weighted by atomic mass is 9.87. The summed E-state index contributed by atoms with van der Waals surface area (Å²) in [5.74, 6) is 0.236. The molecular weight excluding hydrogens is 482 g/mol. The lowest BCUT2D eigenvalue weighted by Gasteiger charge is -2.37. The van der Waals surface area contributed by atoms with Crippen molar-refractivity contribution in [1.29, 1.82) is 0 Å². The van der Waals surface area contributed by atoms with Crippen molar-refractivity contribution in [2.24, 2.45) is 0 Å². The van der Waals surface area contributed by atoms with Crippen molar-refractivity contribution in [3.05, 3.63) is 29.5 Å². The highest BCUT2D eigenvalue weighted by molar-refractivity contribution is 5.80. The highest BCUT2D eigenvalue weighted by atomic mass is 16.6. The molecule has 1 aromatic carbocycles. The molecule has 3 atom stereocenters. The van der Waals surface area contributed by atoms with Gasteiger partial charge in [-0.05, 0) is 111 Å². The number of hydrogen-bond donors (Lipinski definition) is 0. The van der Waals surface area contributed by atoms with Crippen LogP contribution in [0.3, 0.4) is 0 Å². The van der Waals surface area contributed by atoms with E-state index in [9.17, 15) is 9.59 Å². The Balaban J connectivity index is 1.38. The molecule has 2 aliphatic heterocycles. The van der Waals surface area contributed by atoms with Gasteiger partial charge in [-0.25, -0.2) is 9.59 Å². The van der Waals surface area contributed by atoms with Crippen molar-refractivity contribution in [2.45, 2.75) is 123 Å². The Morgan fingerprint density at radius 3 is 2.32 bits per heavy atom. The van der Waals surface area contributed by atoms with Crippen molar-refractivity contribution in [2.75, 3.05) is 13.1 Å². The third kappa shape index (κ3) is 7.00. The van der Waals surface area contributed by atoms with Crippen LogP contribution >= 0.6 is 0 Å². The molecule has 0 aliphatic carbocycles. The number of piperidine rings is 2. The monoisotopic (exact) mass is 527 g/mol. The second-order valence-electron chi connectivity index (χ2n) is 13.0. The minimum atomic E-state index is -0.501. The van der Waals surface area contributed by atoms with Gasteiger partial charge in [0.2, 0.25) is 0 Å². The molecule has 2 amide bonds. The SMILES string of the molecule is CC1CC(c2noc3cc(CCC4CCCCN4C(=O)OC(C)(C)C)ccc23)CCN1C(=O)OC(C)(C)C. The fourth-order valence-electron chi connectivity index (χ4n) is 5.66. The maximum Gasteiger partial charge on any atom is 0.410 e. The fraction of sp³-hybridized carbons (Fsp3) is 0.700. The first-order valence-electron chi connectivity index (χ1n) is 14.2. The second-order valence-corrected chi connectivity index (χ2v) is 13.0. The molecule has 8 nitrogen and oxygen atoms in total. The Kier molecular flexibility index (Phi) is 8.29. The molecule has 3 unspecified atom stereocenters. The number of aromatic nitrogens is 1. The van der Waals surface area contributed by atoms with E-state index in [-0.39, 0.29) is 30.2 Å². The Hall–Kier alpha value is -2.77. The molecule has 38 heavy (non-hydrogen) atoms. The van der Waals surface area contributed by atoms with Crippen LogP contribution in [0.25, 0.3) is 11.0 Å². The van der Waals surface area contributed by atoms with E-state index >= 15 is 0 Å². The van der Waals surface area contributed by atoms with Crippen LogP contribution in [0.15, 0.2) is 22.7 Å². The zero-order valence-corrected chi connectivity index (χ0v) is 24.2. The standard InChI is InChI=1S/C30H45N3O5/c1-20-18-22(15-17-32(20)27(34)36-29(2,3)4)26-24-14-12-21(19-25(24)38-31-26)11-13-23-10-8-9-16-33(23)28(35)37-30(5,6)7/h12,14,19-20,22-23H,8-11,13,15-18H2,1-7H3. The first-order valence-corrected chi connectivity index (χ1v) is 14.2. The van der Waals surface area contributed by atoms with Gasteiger partial charge in [-0.3, -0.25) is 0 Å². The molecule has 2 aromatic rings. The van der Waals surface area contributed by atoms with Gasteiger partial charge in [0.05, 0.1) is 5.69 Å². The molecular formula is C30H45N3O5. The van der Waals surface area contributed by atoms with Crippen LogP contribution in [0.4, 0.5) is 9.59 Å². The van der Waals surface area contributed by atoms with Crippen LogP contribution in [0.1, 0.15) is 104 Å². The number of likely N-dealkylation sites (tertiary alicyclic amines) is 2. The Morgan fingerprint density at radius 1 is 0.974 bits per heavy atom. The number of fused-ring (bicyclic) bond motifs is 1. The first kappa shape index (κ1) is 28.2. The molecule has 0 N–H and O–H groups in total. The van der Waals surface area contributed by atoms with Gasteiger partial charge in [0, 0.05) is 36.5 Å². The van der Waals surface area contributed by atoms with Gasteiger partial charge in [0.25, 0.3) is 0 Å². The summed E-state index contributed by atoms with van der Waals surface area (Å²) in [5.41, 5.74) is 1.97. The van der Waals surface area contributed by atoms with Crippen LogP contribution in [0.2, 0.25) is 0 Å². The van der Waals surface area contributed by atoms with Gasteiger partial charge < -0.3 is 23.8 Å². The average Bonchev–Trinajstić information content (AvgIpc) is 3.24. The molecule has 0 spiro atoms. The summed E-state index contributed by atoms with van der Waals surface area (Å²) >= 11 is 0. The van der Waals surface area contributed by atoms with E-state index in [4.69, 9.17) is 14.0 Å². The number of hydrogen-bond acceptors (Lipinski definition) is 6. The smallest absolute Gasteiger partial charge is 0.410 e. The molecule has 2 saturated heterocycles. The minimum absolute atomic E-state index is 0.0676. The summed E-state index contributed by atoms with van der Waals surface area (Å²) in [7, 11) is 0. The van der Waals surface area contributed by atoms with Crippen molar-refractivity contribution < 1.29 is 23.6 Å². The third-order valence-electron chi connectivity index (χ3n) is 7.48. The number of carbonyl (C=O) groups is 2. The van der Waals surface area contributed by atoms with E-state index in [0.717, 1.165) is 68.2 Å². The van der Waals surface area contributed by atoms with Gasteiger partial charge in [0.15, 0.2) is 5.58 Å². The summed E-state index contributed by atoms with van der Waals surface area (Å²) in [6.07, 6.45) is 6.13. The molecule has 3 heterocycles. The number of benzene rings is 1.